The van der Waals surface area contributed by atoms with Crippen LogP contribution in [0.3, 0.4) is 0 Å². The molecule has 1 aliphatic rings. The van der Waals surface area contributed by atoms with Gasteiger partial charge in [-0.15, -0.1) is 0 Å². The number of rotatable bonds is 3. The van der Waals surface area contributed by atoms with E-state index in [1.165, 1.54) is 0 Å². The van der Waals surface area contributed by atoms with Crippen molar-refractivity contribution in [1.29, 1.82) is 0 Å². The van der Waals surface area contributed by atoms with Crippen LogP contribution in [0.4, 0.5) is 0 Å². The van der Waals surface area contributed by atoms with Crippen molar-refractivity contribution in [3.05, 3.63) is 0 Å². The Morgan fingerprint density at radius 3 is 1.47 bits per heavy atom. The Hall–Kier alpha value is 0.440. The second kappa shape index (κ2) is 5.61. The average molecular weight is 283 g/mol. The Balaban J connectivity index is 3.01. The molecular formula is C12H24ClO3P. The first-order valence-corrected chi connectivity index (χ1v) is 9.03. The number of ether oxygens (including phenoxy) is 2. The second-order valence-electron chi connectivity index (χ2n) is 5.78. The van der Waals surface area contributed by atoms with E-state index in [-0.39, 0.29) is 24.0 Å². The van der Waals surface area contributed by atoms with Gasteiger partial charge in [0.25, 0.3) is 0 Å². The Morgan fingerprint density at radius 1 is 0.882 bits per heavy atom. The van der Waals surface area contributed by atoms with Crippen molar-refractivity contribution in [2.24, 2.45) is 17.8 Å². The first kappa shape index (κ1) is 15.5. The van der Waals surface area contributed by atoms with Gasteiger partial charge in [-0.3, -0.25) is 0 Å². The van der Waals surface area contributed by atoms with Gasteiger partial charge in [-0.1, -0.05) is 41.5 Å². The highest BCUT2D eigenvalue weighted by molar-refractivity contribution is 7.90. The van der Waals surface area contributed by atoms with Gasteiger partial charge in [0.2, 0.25) is 6.49 Å². The fourth-order valence-corrected chi connectivity index (χ4v) is 6.18. The molecule has 2 unspecified atom stereocenters. The molecule has 0 saturated carbocycles. The number of hydrogen-bond donors (Lipinski definition) is 0. The lowest BCUT2D eigenvalue weighted by Gasteiger charge is -2.43. The van der Waals surface area contributed by atoms with E-state index in [0.717, 1.165) is 0 Å². The van der Waals surface area contributed by atoms with Crippen LogP contribution < -0.4 is 0 Å². The SMILES string of the molecule is CC(C)C1OC(C(C)C)P(=O)(Cl)C(C(C)C)O1. The van der Waals surface area contributed by atoms with E-state index < -0.39 is 18.2 Å². The van der Waals surface area contributed by atoms with E-state index in [1.807, 2.05) is 41.5 Å². The summed E-state index contributed by atoms with van der Waals surface area (Å²) >= 11 is 6.27. The second-order valence-corrected chi connectivity index (χ2v) is 9.63. The van der Waals surface area contributed by atoms with Gasteiger partial charge in [-0.05, 0) is 23.1 Å². The zero-order chi connectivity index (χ0) is 13.4. The molecule has 2 atom stereocenters. The van der Waals surface area contributed by atoms with Gasteiger partial charge in [-0.2, -0.15) is 0 Å². The standard InChI is InChI=1S/C12H24ClO3P/c1-7(2)10-15-11(8(3)4)17(13,14)12(16-10)9(5)6/h7-12H,1-6H3. The predicted molar refractivity (Wildman–Crippen MR) is 71.5 cm³/mol. The molecule has 0 radical (unpaired) electrons. The largest absolute Gasteiger partial charge is 0.340 e. The van der Waals surface area contributed by atoms with Crippen molar-refractivity contribution in [3.63, 3.8) is 0 Å². The monoisotopic (exact) mass is 282 g/mol. The maximum absolute atomic E-state index is 12.7. The maximum Gasteiger partial charge on any atom is 0.224 e. The van der Waals surface area contributed by atoms with Crippen molar-refractivity contribution >= 4 is 17.7 Å². The van der Waals surface area contributed by atoms with E-state index in [4.69, 9.17) is 20.7 Å². The fourth-order valence-electron chi connectivity index (χ4n) is 2.06. The minimum Gasteiger partial charge on any atom is -0.340 e. The summed E-state index contributed by atoms with van der Waals surface area (Å²) in [6.45, 7) is 9.04. The maximum atomic E-state index is 12.7. The molecule has 102 valence electrons. The summed E-state index contributed by atoms with van der Waals surface area (Å²) in [4.78, 5) is 0. The van der Waals surface area contributed by atoms with Gasteiger partial charge < -0.3 is 14.0 Å². The molecule has 1 heterocycles. The predicted octanol–water partition coefficient (Wildman–Crippen LogP) is 4.50. The topological polar surface area (TPSA) is 35.5 Å². The van der Waals surface area contributed by atoms with Crippen LogP contribution in [-0.4, -0.2) is 18.0 Å². The third-order valence-corrected chi connectivity index (χ3v) is 6.90. The lowest BCUT2D eigenvalue weighted by Crippen LogP contribution is -2.43. The van der Waals surface area contributed by atoms with Crippen molar-refractivity contribution in [2.45, 2.75) is 59.5 Å². The summed E-state index contributed by atoms with van der Waals surface area (Å²) in [6.07, 6.45) is -0.310. The van der Waals surface area contributed by atoms with E-state index in [2.05, 4.69) is 0 Å². The summed E-state index contributed by atoms with van der Waals surface area (Å²) < 4.78 is 24.2. The molecule has 1 aliphatic heterocycles. The Bertz CT molecular complexity index is 282. The van der Waals surface area contributed by atoms with Crippen LogP contribution in [0.5, 0.6) is 0 Å². The van der Waals surface area contributed by atoms with E-state index in [9.17, 15) is 4.57 Å². The van der Waals surface area contributed by atoms with Crippen molar-refractivity contribution in [2.75, 3.05) is 0 Å². The van der Waals surface area contributed by atoms with Gasteiger partial charge in [0.15, 0.2) is 6.29 Å². The first-order chi connectivity index (χ1) is 7.67. The third-order valence-electron chi connectivity index (χ3n) is 2.93. The molecule has 0 bridgehead atoms. The summed E-state index contributed by atoms with van der Waals surface area (Å²) in [5.41, 5.74) is 0. The van der Waals surface area contributed by atoms with E-state index in [0.29, 0.717) is 0 Å². The normalized spacial score (nSPS) is 39.3. The smallest absolute Gasteiger partial charge is 0.224 e. The van der Waals surface area contributed by atoms with Gasteiger partial charge >= 0.3 is 0 Å². The molecule has 0 aliphatic carbocycles. The van der Waals surface area contributed by atoms with Crippen molar-refractivity contribution in [1.82, 2.24) is 0 Å². The highest BCUT2D eigenvalue weighted by Gasteiger charge is 2.50. The average Bonchev–Trinajstić information content (AvgIpc) is 2.14. The quantitative estimate of drug-likeness (QED) is 0.715. The Kier molecular flexibility index (Phi) is 5.11. The van der Waals surface area contributed by atoms with Gasteiger partial charge in [0.05, 0.1) is 0 Å². The lowest BCUT2D eigenvalue weighted by molar-refractivity contribution is -0.213. The lowest BCUT2D eigenvalue weighted by atomic mass is 10.2. The molecule has 0 N–H and O–H groups in total. The Morgan fingerprint density at radius 2 is 1.24 bits per heavy atom. The zero-order valence-corrected chi connectivity index (χ0v) is 13.2. The van der Waals surface area contributed by atoms with Gasteiger partial charge in [0.1, 0.15) is 11.7 Å². The molecule has 0 aromatic heterocycles. The highest BCUT2D eigenvalue weighted by atomic mass is 35.7. The van der Waals surface area contributed by atoms with Crippen molar-refractivity contribution in [3.8, 4) is 0 Å². The highest BCUT2D eigenvalue weighted by Crippen LogP contribution is 2.67. The molecular weight excluding hydrogens is 259 g/mol. The zero-order valence-electron chi connectivity index (χ0n) is 11.5. The summed E-state index contributed by atoms with van der Waals surface area (Å²) in [6, 6.07) is 0. The van der Waals surface area contributed by atoms with Gasteiger partial charge in [0, 0.05) is 5.92 Å². The molecule has 5 heteroatoms. The van der Waals surface area contributed by atoms with Crippen LogP contribution in [0.25, 0.3) is 0 Å². The van der Waals surface area contributed by atoms with Crippen molar-refractivity contribution < 1.29 is 14.0 Å². The van der Waals surface area contributed by atoms with Crippen LogP contribution in [-0.2, 0) is 14.0 Å². The van der Waals surface area contributed by atoms with Crippen LogP contribution in [0.1, 0.15) is 41.5 Å². The minimum absolute atomic E-state index is 0.129. The first-order valence-electron chi connectivity index (χ1n) is 6.27. The summed E-state index contributed by atoms with van der Waals surface area (Å²) in [5, 5.41) is 0. The van der Waals surface area contributed by atoms with Gasteiger partial charge in [-0.25, -0.2) is 0 Å². The molecule has 3 nitrogen and oxygen atoms in total. The molecule has 0 amide bonds. The minimum atomic E-state index is -2.97. The summed E-state index contributed by atoms with van der Waals surface area (Å²) in [5.74, 6) is -0.320. The molecule has 17 heavy (non-hydrogen) atoms. The molecule has 0 aromatic rings. The number of hydrogen-bond acceptors (Lipinski definition) is 3. The van der Waals surface area contributed by atoms with E-state index in [1.54, 1.807) is 0 Å². The van der Waals surface area contributed by atoms with Crippen LogP contribution in [0.15, 0.2) is 0 Å². The third kappa shape index (κ3) is 3.26. The fraction of sp³-hybridized carbons (Fsp3) is 1.00. The van der Waals surface area contributed by atoms with E-state index >= 15 is 0 Å². The molecule has 0 spiro atoms. The van der Waals surface area contributed by atoms with Crippen LogP contribution in [0.2, 0.25) is 0 Å². The van der Waals surface area contributed by atoms with Crippen LogP contribution in [0, 0.1) is 17.8 Å². The molecule has 1 rings (SSSR count). The molecule has 1 saturated heterocycles. The summed E-state index contributed by atoms with van der Waals surface area (Å²) in [7, 11) is 0. The Labute approximate surface area is 109 Å². The molecule has 0 aromatic carbocycles. The number of halogens is 1. The van der Waals surface area contributed by atoms with Crippen LogP contribution >= 0.6 is 17.7 Å². The molecule has 1 fully saturated rings.